The number of anilines is 1. The first kappa shape index (κ1) is 24.6. The van der Waals surface area contributed by atoms with Crippen molar-refractivity contribution in [3.8, 4) is 5.75 Å². The molecule has 8 nitrogen and oxygen atoms in total. The molecule has 1 amide bonds. The topological polar surface area (TPSA) is 101 Å². The standard InChI is InChI=1S/C20H20BrClN4O4S2/c1-3-26(4-2)32(28,29)17-11-13(5-10-16(17)21)19(27)23-20-25-24-18(31-20)12-30-15-8-6-14(22)7-9-15/h5-11H,3-4,12H2,1-2H3,(H,23,25,27). The van der Waals surface area contributed by atoms with Gasteiger partial charge in [0, 0.05) is 28.1 Å². The molecule has 0 aliphatic rings. The van der Waals surface area contributed by atoms with E-state index >= 15 is 0 Å². The Hall–Kier alpha value is -2.05. The minimum Gasteiger partial charge on any atom is -0.486 e. The SMILES string of the molecule is CCN(CC)S(=O)(=O)c1cc(C(=O)Nc2nnc(COc3ccc(Cl)cc3)s2)ccc1Br. The van der Waals surface area contributed by atoms with Crippen molar-refractivity contribution in [3.63, 3.8) is 0 Å². The van der Waals surface area contributed by atoms with E-state index in [0.717, 1.165) is 11.3 Å². The van der Waals surface area contributed by atoms with Crippen LogP contribution in [-0.2, 0) is 16.6 Å². The Morgan fingerprint density at radius 1 is 1.16 bits per heavy atom. The number of hydrogen-bond donors (Lipinski definition) is 1. The van der Waals surface area contributed by atoms with Gasteiger partial charge in [-0.3, -0.25) is 10.1 Å². The molecule has 0 bridgehead atoms. The summed E-state index contributed by atoms with van der Waals surface area (Å²) in [5.41, 5.74) is 0.188. The molecular formula is C20H20BrClN4O4S2. The number of sulfonamides is 1. The summed E-state index contributed by atoms with van der Waals surface area (Å²) in [7, 11) is -3.74. The Kier molecular flexibility index (Phi) is 8.23. The van der Waals surface area contributed by atoms with Gasteiger partial charge in [0.25, 0.3) is 5.91 Å². The minimum absolute atomic E-state index is 0.0307. The maximum Gasteiger partial charge on any atom is 0.257 e. The van der Waals surface area contributed by atoms with Gasteiger partial charge in [-0.2, -0.15) is 4.31 Å². The third-order valence-electron chi connectivity index (χ3n) is 4.38. The summed E-state index contributed by atoms with van der Waals surface area (Å²) in [5.74, 6) is 0.141. The molecule has 0 unspecified atom stereocenters. The number of ether oxygens (including phenoxy) is 1. The Labute approximate surface area is 203 Å². The third kappa shape index (κ3) is 5.84. The molecule has 0 radical (unpaired) electrons. The molecule has 0 fully saturated rings. The van der Waals surface area contributed by atoms with Crippen LogP contribution in [0.25, 0.3) is 0 Å². The molecule has 0 saturated carbocycles. The summed E-state index contributed by atoms with van der Waals surface area (Å²) in [6.07, 6.45) is 0. The fraction of sp³-hybridized carbons (Fsp3) is 0.250. The number of nitrogens with one attached hydrogen (secondary N) is 1. The molecule has 2 aromatic carbocycles. The van der Waals surface area contributed by atoms with E-state index in [1.165, 1.54) is 22.5 Å². The lowest BCUT2D eigenvalue weighted by molar-refractivity contribution is 0.102. The number of carbonyl (C=O) groups is 1. The average Bonchev–Trinajstić information content (AvgIpc) is 3.21. The smallest absolute Gasteiger partial charge is 0.257 e. The van der Waals surface area contributed by atoms with Gasteiger partial charge in [0.1, 0.15) is 12.4 Å². The molecule has 3 aromatic rings. The zero-order valence-electron chi connectivity index (χ0n) is 17.2. The van der Waals surface area contributed by atoms with E-state index in [1.807, 2.05) is 0 Å². The molecular weight excluding hydrogens is 540 g/mol. The normalized spacial score (nSPS) is 11.5. The maximum absolute atomic E-state index is 12.9. The minimum atomic E-state index is -3.74. The molecule has 32 heavy (non-hydrogen) atoms. The van der Waals surface area contributed by atoms with E-state index in [9.17, 15) is 13.2 Å². The van der Waals surface area contributed by atoms with Crippen LogP contribution in [0.1, 0.15) is 29.2 Å². The van der Waals surface area contributed by atoms with E-state index in [2.05, 4.69) is 31.4 Å². The summed E-state index contributed by atoms with van der Waals surface area (Å²) in [5, 5.41) is 12.1. The van der Waals surface area contributed by atoms with Gasteiger partial charge in [0.05, 0.1) is 4.90 Å². The Balaban J connectivity index is 1.70. The largest absolute Gasteiger partial charge is 0.486 e. The van der Waals surface area contributed by atoms with Gasteiger partial charge >= 0.3 is 0 Å². The third-order valence-corrected chi connectivity index (χ3v) is 8.49. The molecule has 0 spiro atoms. The highest BCUT2D eigenvalue weighted by Gasteiger charge is 2.25. The predicted octanol–water partition coefficient (Wildman–Crippen LogP) is 4.82. The van der Waals surface area contributed by atoms with E-state index in [0.29, 0.717) is 33.3 Å². The lowest BCUT2D eigenvalue weighted by Gasteiger charge is -2.19. The molecule has 1 N–H and O–H groups in total. The number of rotatable bonds is 9. The van der Waals surface area contributed by atoms with Crippen molar-refractivity contribution in [3.05, 3.63) is 62.5 Å². The number of amides is 1. The first-order valence-corrected chi connectivity index (χ1v) is 13.0. The number of benzene rings is 2. The Bertz CT molecular complexity index is 1200. The van der Waals surface area contributed by atoms with E-state index < -0.39 is 15.9 Å². The van der Waals surface area contributed by atoms with Crippen molar-refractivity contribution >= 4 is 59.9 Å². The van der Waals surface area contributed by atoms with E-state index in [1.54, 1.807) is 38.1 Å². The molecule has 0 saturated heterocycles. The second-order valence-electron chi connectivity index (χ2n) is 6.43. The molecule has 1 heterocycles. The fourth-order valence-corrected chi connectivity index (χ4v) is 5.94. The van der Waals surface area contributed by atoms with Crippen LogP contribution in [-0.4, -0.2) is 41.9 Å². The summed E-state index contributed by atoms with van der Waals surface area (Å²) >= 11 is 10.3. The molecule has 0 atom stereocenters. The molecule has 0 aliphatic carbocycles. The van der Waals surface area contributed by atoms with Gasteiger partial charge in [-0.05, 0) is 58.4 Å². The number of nitrogens with zero attached hydrogens (tertiary/aromatic N) is 3. The van der Waals surface area contributed by atoms with Crippen molar-refractivity contribution < 1.29 is 17.9 Å². The fourth-order valence-electron chi connectivity index (χ4n) is 2.75. The van der Waals surface area contributed by atoms with Crippen LogP contribution in [0.2, 0.25) is 5.02 Å². The Morgan fingerprint density at radius 2 is 1.84 bits per heavy atom. The van der Waals surface area contributed by atoms with Gasteiger partial charge in [0.2, 0.25) is 15.2 Å². The van der Waals surface area contributed by atoms with Crippen molar-refractivity contribution in [2.24, 2.45) is 0 Å². The van der Waals surface area contributed by atoms with Crippen LogP contribution in [0.5, 0.6) is 5.75 Å². The first-order chi connectivity index (χ1) is 15.2. The second-order valence-corrected chi connectivity index (χ2v) is 10.7. The van der Waals surface area contributed by atoms with Gasteiger partial charge in [-0.25, -0.2) is 8.42 Å². The van der Waals surface area contributed by atoms with Crippen LogP contribution in [0.3, 0.4) is 0 Å². The zero-order valence-corrected chi connectivity index (χ0v) is 21.2. The number of aromatic nitrogens is 2. The molecule has 3 rings (SSSR count). The molecule has 0 aliphatic heterocycles. The highest BCUT2D eigenvalue weighted by molar-refractivity contribution is 9.10. The van der Waals surface area contributed by atoms with E-state index in [4.69, 9.17) is 16.3 Å². The van der Waals surface area contributed by atoms with Crippen molar-refractivity contribution in [2.45, 2.75) is 25.3 Å². The average molecular weight is 560 g/mol. The van der Waals surface area contributed by atoms with Crippen molar-refractivity contribution in [2.75, 3.05) is 18.4 Å². The number of carbonyl (C=O) groups excluding carboxylic acids is 1. The number of halogens is 2. The van der Waals surface area contributed by atoms with Crippen molar-refractivity contribution in [1.29, 1.82) is 0 Å². The van der Waals surface area contributed by atoms with Crippen LogP contribution < -0.4 is 10.1 Å². The van der Waals surface area contributed by atoms with Crippen LogP contribution in [0.15, 0.2) is 51.8 Å². The molecule has 1 aromatic heterocycles. The Morgan fingerprint density at radius 3 is 2.50 bits per heavy atom. The van der Waals surface area contributed by atoms with Crippen molar-refractivity contribution in [1.82, 2.24) is 14.5 Å². The summed E-state index contributed by atoms with van der Waals surface area (Å²) in [4.78, 5) is 12.7. The summed E-state index contributed by atoms with van der Waals surface area (Å²) in [6.45, 7) is 4.35. The molecule has 12 heteroatoms. The monoisotopic (exact) mass is 558 g/mol. The van der Waals surface area contributed by atoms with Gasteiger partial charge < -0.3 is 4.74 Å². The summed E-state index contributed by atoms with van der Waals surface area (Å²) in [6, 6.07) is 11.3. The lowest BCUT2D eigenvalue weighted by atomic mass is 10.2. The first-order valence-electron chi connectivity index (χ1n) is 9.56. The van der Waals surface area contributed by atoms with Crippen LogP contribution >= 0.6 is 38.9 Å². The lowest BCUT2D eigenvalue weighted by Crippen LogP contribution is -2.31. The van der Waals surface area contributed by atoms with E-state index in [-0.39, 0.29) is 22.2 Å². The van der Waals surface area contributed by atoms with Crippen LogP contribution in [0, 0.1) is 0 Å². The quantitative estimate of drug-likeness (QED) is 0.403. The van der Waals surface area contributed by atoms with Gasteiger partial charge in [-0.1, -0.05) is 36.8 Å². The second kappa shape index (κ2) is 10.7. The molecule has 170 valence electrons. The highest BCUT2D eigenvalue weighted by atomic mass is 79.9. The van der Waals surface area contributed by atoms with Gasteiger partial charge in [0.15, 0.2) is 5.01 Å². The zero-order chi connectivity index (χ0) is 23.3. The summed E-state index contributed by atoms with van der Waals surface area (Å²) < 4.78 is 33.1. The maximum atomic E-state index is 12.9. The number of hydrogen-bond acceptors (Lipinski definition) is 7. The predicted molar refractivity (Wildman–Crippen MR) is 128 cm³/mol. The van der Waals surface area contributed by atoms with Crippen LogP contribution in [0.4, 0.5) is 5.13 Å². The highest BCUT2D eigenvalue weighted by Crippen LogP contribution is 2.27. The van der Waals surface area contributed by atoms with Gasteiger partial charge in [-0.15, -0.1) is 10.2 Å².